The van der Waals surface area contributed by atoms with Crippen LogP contribution in [0.2, 0.25) is 0 Å². The van der Waals surface area contributed by atoms with Crippen LogP contribution in [-0.4, -0.2) is 26.8 Å². The summed E-state index contributed by atoms with van der Waals surface area (Å²) in [6.07, 6.45) is 1.52. The smallest absolute Gasteiger partial charge is 0.277 e. The van der Waals surface area contributed by atoms with Gasteiger partial charge in [-0.05, 0) is 18.2 Å². The lowest BCUT2D eigenvalue weighted by atomic mass is 10.2. The van der Waals surface area contributed by atoms with Crippen LogP contribution in [0.4, 0.5) is 11.4 Å². The molecule has 1 heterocycles. The molecule has 2 rings (SSSR count). The van der Waals surface area contributed by atoms with Crippen molar-refractivity contribution < 1.29 is 9.59 Å². The van der Waals surface area contributed by atoms with Gasteiger partial charge in [0.25, 0.3) is 5.91 Å². The highest BCUT2D eigenvalue weighted by molar-refractivity contribution is 6.03. The number of carbonyl (C=O) groups is 2. The molecule has 0 aliphatic rings. The summed E-state index contributed by atoms with van der Waals surface area (Å²) in [5, 5.41) is 12.7. The van der Waals surface area contributed by atoms with Gasteiger partial charge in [0.1, 0.15) is 0 Å². The number of carbonyl (C=O) groups excluding carboxylic acids is 2. The van der Waals surface area contributed by atoms with Crippen molar-refractivity contribution in [3.63, 3.8) is 0 Å². The van der Waals surface area contributed by atoms with E-state index in [0.717, 1.165) is 0 Å². The summed E-state index contributed by atoms with van der Waals surface area (Å²) in [6, 6.07) is 6.85. The van der Waals surface area contributed by atoms with E-state index in [1.807, 2.05) is 0 Å². The first-order chi connectivity index (χ1) is 9.04. The van der Waals surface area contributed by atoms with Crippen molar-refractivity contribution >= 4 is 23.2 Å². The second-order valence-electron chi connectivity index (χ2n) is 3.99. The van der Waals surface area contributed by atoms with E-state index in [9.17, 15) is 9.59 Å². The summed E-state index contributed by atoms with van der Waals surface area (Å²) in [5.41, 5.74) is 1.42. The third-order valence-electron chi connectivity index (χ3n) is 2.28. The molecule has 2 N–H and O–H groups in total. The number of aryl methyl sites for hydroxylation is 1. The molecule has 2 amide bonds. The molecule has 0 unspecified atom stereocenters. The van der Waals surface area contributed by atoms with Crippen molar-refractivity contribution in [3.8, 4) is 0 Å². The number of amides is 2. The molecular formula is C12H13N5O2. The average molecular weight is 259 g/mol. The maximum absolute atomic E-state index is 11.8. The molecule has 98 valence electrons. The molecular weight excluding hydrogens is 246 g/mol. The van der Waals surface area contributed by atoms with Gasteiger partial charge in [0, 0.05) is 25.3 Å². The summed E-state index contributed by atoms with van der Waals surface area (Å²) >= 11 is 0. The SMILES string of the molecule is CC(=O)Nc1cccc(NC(=O)c2cn(C)nn2)c1. The molecule has 0 saturated heterocycles. The number of anilines is 2. The molecule has 2 aromatic rings. The Kier molecular flexibility index (Phi) is 3.56. The Bertz CT molecular complexity index is 620. The standard InChI is InChI=1S/C12H13N5O2/c1-8(18)13-9-4-3-5-10(6-9)14-12(19)11-7-17(2)16-15-11/h3-7H,1-2H3,(H,13,18)(H,14,19). The van der Waals surface area contributed by atoms with E-state index in [-0.39, 0.29) is 17.5 Å². The monoisotopic (exact) mass is 259 g/mol. The maximum atomic E-state index is 11.8. The molecule has 1 aromatic heterocycles. The van der Waals surface area contributed by atoms with E-state index < -0.39 is 0 Å². The van der Waals surface area contributed by atoms with Gasteiger partial charge in [-0.3, -0.25) is 14.3 Å². The molecule has 1 aromatic carbocycles. The summed E-state index contributed by atoms with van der Waals surface area (Å²) < 4.78 is 1.45. The first-order valence-corrected chi connectivity index (χ1v) is 5.60. The molecule has 0 atom stereocenters. The van der Waals surface area contributed by atoms with Crippen LogP contribution in [0.5, 0.6) is 0 Å². The second-order valence-corrected chi connectivity index (χ2v) is 3.99. The summed E-state index contributed by atoms with van der Waals surface area (Å²) in [6.45, 7) is 1.42. The minimum atomic E-state index is -0.354. The third kappa shape index (κ3) is 3.38. The number of nitrogens with one attached hydrogen (secondary N) is 2. The quantitative estimate of drug-likeness (QED) is 0.861. The molecule has 0 saturated carbocycles. The summed E-state index contributed by atoms with van der Waals surface area (Å²) in [4.78, 5) is 22.8. The Hall–Kier alpha value is -2.70. The van der Waals surface area contributed by atoms with Gasteiger partial charge in [0.15, 0.2) is 5.69 Å². The van der Waals surface area contributed by atoms with Crippen LogP contribution in [0, 0.1) is 0 Å². The Balaban J connectivity index is 2.10. The Morgan fingerprint density at radius 3 is 2.47 bits per heavy atom. The molecule has 7 nitrogen and oxygen atoms in total. The molecule has 0 aliphatic heterocycles. The van der Waals surface area contributed by atoms with Gasteiger partial charge >= 0.3 is 0 Å². The topological polar surface area (TPSA) is 88.9 Å². The lowest BCUT2D eigenvalue weighted by Gasteiger charge is -2.06. The fraction of sp³-hybridized carbons (Fsp3) is 0.167. The number of aromatic nitrogens is 3. The van der Waals surface area contributed by atoms with Gasteiger partial charge in [-0.15, -0.1) is 5.10 Å². The van der Waals surface area contributed by atoms with Crippen molar-refractivity contribution in [2.45, 2.75) is 6.92 Å². The Labute approximate surface area is 109 Å². The molecule has 0 radical (unpaired) electrons. The Morgan fingerprint density at radius 2 is 1.89 bits per heavy atom. The van der Waals surface area contributed by atoms with Gasteiger partial charge in [-0.2, -0.15) is 0 Å². The van der Waals surface area contributed by atoms with E-state index in [2.05, 4.69) is 20.9 Å². The van der Waals surface area contributed by atoms with Crippen molar-refractivity contribution in [3.05, 3.63) is 36.2 Å². The highest BCUT2D eigenvalue weighted by Gasteiger charge is 2.10. The van der Waals surface area contributed by atoms with Gasteiger partial charge in [-0.1, -0.05) is 11.3 Å². The van der Waals surface area contributed by atoms with E-state index in [1.165, 1.54) is 17.8 Å². The lowest BCUT2D eigenvalue weighted by Crippen LogP contribution is -2.13. The summed E-state index contributed by atoms with van der Waals surface area (Å²) in [5.74, 6) is -0.523. The fourth-order valence-electron chi connectivity index (χ4n) is 1.52. The van der Waals surface area contributed by atoms with Gasteiger partial charge < -0.3 is 10.6 Å². The largest absolute Gasteiger partial charge is 0.326 e. The zero-order valence-corrected chi connectivity index (χ0v) is 10.5. The third-order valence-corrected chi connectivity index (χ3v) is 2.28. The highest BCUT2D eigenvalue weighted by Crippen LogP contribution is 2.15. The minimum absolute atomic E-state index is 0.169. The minimum Gasteiger partial charge on any atom is -0.326 e. The normalized spacial score (nSPS) is 10.0. The molecule has 0 aliphatic carbocycles. The maximum Gasteiger partial charge on any atom is 0.277 e. The number of benzene rings is 1. The molecule has 0 spiro atoms. The number of hydrogen-bond donors (Lipinski definition) is 2. The second kappa shape index (κ2) is 5.30. The van der Waals surface area contributed by atoms with Crippen LogP contribution in [-0.2, 0) is 11.8 Å². The van der Waals surface area contributed by atoms with Crippen molar-refractivity contribution in [2.75, 3.05) is 10.6 Å². The predicted molar refractivity (Wildman–Crippen MR) is 69.7 cm³/mol. The molecule has 7 heteroatoms. The highest BCUT2D eigenvalue weighted by atomic mass is 16.2. The zero-order chi connectivity index (χ0) is 13.8. The molecule has 0 fully saturated rings. The number of nitrogens with zero attached hydrogens (tertiary/aromatic N) is 3. The lowest BCUT2D eigenvalue weighted by molar-refractivity contribution is -0.114. The predicted octanol–water partition coefficient (Wildman–Crippen LogP) is 1.03. The number of rotatable bonds is 3. The summed E-state index contributed by atoms with van der Waals surface area (Å²) in [7, 11) is 1.68. The van der Waals surface area contributed by atoms with Crippen LogP contribution in [0.3, 0.4) is 0 Å². The van der Waals surface area contributed by atoms with Crippen molar-refractivity contribution in [1.82, 2.24) is 15.0 Å². The van der Waals surface area contributed by atoms with E-state index >= 15 is 0 Å². The Morgan fingerprint density at radius 1 is 1.21 bits per heavy atom. The first kappa shape index (κ1) is 12.7. The van der Waals surface area contributed by atoms with Crippen molar-refractivity contribution in [2.24, 2.45) is 7.05 Å². The molecule has 19 heavy (non-hydrogen) atoms. The van der Waals surface area contributed by atoms with Crippen LogP contribution >= 0.6 is 0 Å². The van der Waals surface area contributed by atoms with E-state index in [4.69, 9.17) is 0 Å². The van der Waals surface area contributed by atoms with Gasteiger partial charge in [0.2, 0.25) is 5.91 Å². The first-order valence-electron chi connectivity index (χ1n) is 5.60. The zero-order valence-electron chi connectivity index (χ0n) is 10.5. The van der Waals surface area contributed by atoms with E-state index in [0.29, 0.717) is 11.4 Å². The average Bonchev–Trinajstić information content (AvgIpc) is 2.75. The van der Waals surface area contributed by atoms with Gasteiger partial charge in [-0.25, -0.2) is 0 Å². The van der Waals surface area contributed by atoms with Crippen LogP contribution in [0.15, 0.2) is 30.5 Å². The molecule has 0 bridgehead atoms. The van der Waals surface area contributed by atoms with Crippen LogP contribution in [0.25, 0.3) is 0 Å². The van der Waals surface area contributed by atoms with Crippen LogP contribution in [0.1, 0.15) is 17.4 Å². The van der Waals surface area contributed by atoms with E-state index in [1.54, 1.807) is 31.3 Å². The van der Waals surface area contributed by atoms with Gasteiger partial charge in [0.05, 0.1) is 6.20 Å². The number of hydrogen-bond acceptors (Lipinski definition) is 4. The van der Waals surface area contributed by atoms with Crippen LogP contribution < -0.4 is 10.6 Å². The fourth-order valence-corrected chi connectivity index (χ4v) is 1.52. The van der Waals surface area contributed by atoms with Crippen molar-refractivity contribution in [1.29, 1.82) is 0 Å².